The third kappa shape index (κ3) is 1.79. The molecule has 0 saturated heterocycles. The van der Waals surface area contributed by atoms with Crippen LogP contribution in [0, 0.1) is 0 Å². The monoisotopic (exact) mass is 223 g/mol. The number of aromatic hydroxyl groups is 1. The van der Waals surface area contributed by atoms with Crippen LogP contribution >= 0.6 is 0 Å². The van der Waals surface area contributed by atoms with E-state index in [2.05, 4.69) is 0 Å². The molecule has 0 heterocycles. The molecule has 0 aliphatic rings. The molecule has 0 unspecified atom stereocenters. The van der Waals surface area contributed by atoms with E-state index in [4.69, 9.17) is 5.14 Å². The second-order valence-electron chi connectivity index (χ2n) is 3.21. The summed E-state index contributed by atoms with van der Waals surface area (Å²) in [6.45, 7) is 0. The van der Waals surface area contributed by atoms with Gasteiger partial charge < -0.3 is 5.11 Å². The molecule has 0 saturated carbocycles. The van der Waals surface area contributed by atoms with Crippen LogP contribution in [0.25, 0.3) is 10.8 Å². The average Bonchev–Trinajstić information content (AvgIpc) is 2.15. The minimum Gasteiger partial charge on any atom is -0.508 e. The number of nitrogens with two attached hydrogens (primary N) is 1. The Balaban J connectivity index is 2.89. The number of phenolic OH excluding ortho intramolecular Hbond substituents is 1. The van der Waals surface area contributed by atoms with Crippen LogP contribution in [0.5, 0.6) is 5.75 Å². The number of phenols is 1. The summed E-state index contributed by atoms with van der Waals surface area (Å²) in [6, 6.07) is 9.19. The molecule has 2 aromatic carbocycles. The van der Waals surface area contributed by atoms with Crippen LogP contribution in [0.1, 0.15) is 0 Å². The van der Waals surface area contributed by atoms with Crippen LogP contribution < -0.4 is 5.14 Å². The van der Waals surface area contributed by atoms with E-state index in [0.29, 0.717) is 10.8 Å². The van der Waals surface area contributed by atoms with Gasteiger partial charge >= 0.3 is 0 Å². The van der Waals surface area contributed by atoms with E-state index in [0.717, 1.165) is 0 Å². The van der Waals surface area contributed by atoms with Gasteiger partial charge in [0.15, 0.2) is 0 Å². The first kappa shape index (κ1) is 9.95. The lowest BCUT2D eigenvalue weighted by atomic mass is 10.1. The van der Waals surface area contributed by atoms with Crippen LogP contribution in [0.4, 0.5) is 0 Å². The van der Waals surface area contributed by atoms with Gasteiger partial charge in [-0.05, 0) is 29.7 Å². The quantitative estimate of drug-likeness (QED) is 0.762. The molecule has 0 radical (unpaired) electrons. The van der Waals surface area contributed by atoms with E-state index in [1.807, 2.05) is 0 Å². The fraction of sp³-hybridized carbons (Fsp3) is 0. The van der Waals surface area contributed by atoms with Gasteiger partial charge in [-0.1, -0.05) is 12.1 Å². The molecule has 0 aliphatic heterocycles. The Hall–Kier alpha value is -1.59. The summed E-state index contributed by atoms with van der Waals surface area (Å²) in [5.41, 5.74) is 0. The Morgan fingerprint density at radius 1 is 1.13 bits per heavy atom. The highest BCUT2D eigenvalue weighted by Crippen LogP contribution is 2.25. The number of hydrogen-bond acceptors (Lipinski definition) is 3. The molecule has 15 heavy (non-hydrogen) atoms. The lowest BCUT2D eigenvalue weighted by Gasteiger charge is -2.04. The van der Waals surface area contributed by atoms with Gasteiger partial charge in [-0.25, -0.2) is 13.6 Å². The maximum absolute atomic E-state index is 11.2. The van der Waals surface area contributed by atoms with Crippen LogP contribution in [0.2, 0.25) is 0 Å². The Kier molecular flexibility index (Phi) is 2.13. The molecule has 2 aromatic rings. The Labute approximate surface area is 87.0 Å². The number of hydrogen-bond donors (Lipinski definition) is 2. The summed E-state index contributed by atoms with van der Waals surface area (Å²) >= 11 is 0. The zero-order valence-corrected chi connectivity index (χ0v) is 8.53. The molecule has 0 atom stereocenters. The van der Waals surface area contributed by atoms with Gasteiger partial charge in [-0.15, -0.1) is 0 Å². The van der Waals surface area contributed by atoms with Gasteiger partial charge in [0.1, 0.15) is 5.75 Å². The van der Waals surface area contributed by atoms with Gasteiger partial charge in [0.05, 0.1) is 4.90 Å². The predicted molar refractivity (Wildman–Crippen MR) is 57.0 cm³/mol. The molecule has 4 nitrogen and oxygen atoms in total. The van der Waals surface area contributed by atoms with Crippen LogP contribution in [-0.2, 0) is 10.0 Å². The molecule has 0 fully saturated rings. The van der Waals surface area contributed by atoms with Crippen molar-refractivity contribution in [3.8, 4) is 5.75 Å². The van der Waals surface area contributed by atoms with E-state index in [1.54, 1.807) is 12.1 Å². The largest absolute Gasteiger partial charge is 0.508 e. The Bertz CT molecular complexity index is 620. The van der Waals surface area contributed by atoms with Crippen molar-refractivity contribution in [1.29, 1.82) is 0 Å². The van der Waals surface area contributed by atoms with Crippen LogP contribution in [-0.4, -0.2) is 13.5 Å². The van der Waals surface area contributed by atoms with E-state index in [1.165, 1.54) is 24.3 Å². The minimum absolute atomic E-state index is 0.0694. The lowest BCUT2D eigenvalue weighted by Crippen LogP contribution is -2.12. The van der Waals surface area contributed by atoms with Crippen molar-refractivity contribution in [2.75, 3.05) is 0 Å². The van der Waals surface area contributed by atoms with Crippen molar-refractivity contribution in [2.24, 2.45) is 5.14 Å². The molecule has 0 amide bonds. The minimum atomic E-state index is -3.72. The summed E-state index contributed by atoms with van der Waals surface area (Å²) < 4.78 is 22.5. The first-order valence-corrected chi connectivity index (χ1v) is 5.78. The second kappa shape index (κ2) is 3.22. The van der Waals surface area contributed by atoms with Crippen molar-refractivity contribution < 1.29 is 13.5 Å². The highest BCUT2D eigenvalue weighted by atomic mass is 32.2. The standard InChI is InChI=1S/C10H9NO3S/c11-15(13,14)10-3-1-2-7-6-8(12)4-5-9(7)10/h1-6,12H,(H2,11,13,14). The molecule has 78 valence electrons. The molecule has 5 heteroatoms. The number of primary sulfonamides is 1. The summed E-state index contributed by atoms with van der Waals surface area (Å²) in [7, 11) is -3.72. The number of benzene rings is 2. The van der Waals surface area contributed by atoms with E-state index >= 15 is 0 Å². The SMILES string of the molecule is NS(=O)(=O)c1cccc2cc(O)ccc12. The highest BCUT2D eigenvalue weighted by molar-refractivity contribution is 7.89. The Morgan fingerprint density at radius 3 is 2.53 bits per heavy atom. The summed E-state index contributed by atoms with van der Waals surface area (Å²) in [6.07, 6.45) is 0. The zero-order chi connectivity index (χ0) is 11.1. The van der Waals surface area contributed by atoms with E-state index in [-0.39, 0.29) is 10.6 Å². The summed E-state index contributed by atoms with van der Waals surface area (Å²) in [4.78, 5) is 0.0694. The van der Waals surface area contributed by atoms with Crippen LogP contribution in [0.3, 0.4) is 0 Å². The van der Waals surface area contributed by atoms with Crippen molar-refractivity contribution >= 4 is 20.8 Å². The van der Waals surface area contributed by atoms with Crippen molar-refractivity contribution in [1.82, 2.24) is 0 Å². The van der Waals surface area contributed by atoms with Crippen LogP contribution in [0.15, 0.2) is 41.3 Å². The summed E-state index contributed by atoms with van der Waals surface area (Å²) in [5, 5.41) is 15.5. The van der Waals surface area contributed by atoms with E-state index < -0.39 is 10.0 Å². The van der Waals surface area contributed by atoms with Crippen molar-refractivity contribution in [2.45, 2.75) is 4.90 Å². The lowest BCUT2D eigenvalue weighted by molar-refractivity contribution is 0.476. The molecular weight excluding hydrogens is 214 g/mol. The van der Waals surface area contributed by atoms with E-state index in [9.17, 15) is 13.5 Å². The molecular formula is C10H9NO3S. The molecule has 3 N–H and O–H groups in total. The molecule has 0 aliphatic carbocycles. The summed E-state index contributed by atoms with van der Waals surface area (Å²) in [5.74, 6) is 0.0917. The van der Waals surface area contributed by atoms with Gasteiger partial charge in [0.2, 0.25) is 10.0 Å². The maximum Gasteiger partial charge on any atom is 0.238 e. The number of sulfonamides is 1. The van der Waals surface area contributed by atoms with Gasteiger partial charge in [-0.3, -0.25) is 0 Å². The molecule has 0 bridgehead atoms. The topological polar surface area (TPSA) is 80.4 Å². The maximum atomic E-state index is 11.2. The van der Waals surface area contributed by atoms with Gasteiger partial charge in [-0.2, -0.15) is 0 Å². The first-order valence-electron chi connectivity index (χ1n) is 4.23. The number of fused-ring (bicyclic) bond motifs is 1. The highest BCUT2D eigenvalue weighted by Gasteiger charge is 2.11. The number of rotatable bonds is 1. The molecule has 2 rings (SSSR count). The fourth-order valence-corrected chi connectivity index (χ4v) is 2.25. The fourth-order valence-electron chi connectivity index (χ4n) is 1.49. The first-order chi connectivity index (χ1) is 6.98. The third-order valence-electron chi connectivity index (χ3n) is 2.13. The average molecular weight is 223 g/mol. The third-order valence-corrected chi connectivity index (χ3v) is 3.10. The molecule has 0 spiro atoms. The normalized spacial score (nSPS) is 11.8. The van der Waals surface area contributed by atoms with Gasteiger partial charge in [0, 0.05) is 5.39 Å². The van der Waals surface area contributed by atoms with Crippen molar-refractivity contribution in [3.05, 3.63) is 36.4 Å². The van der Waals surface area contributed by atoms with Gasteiger partial charge in [0.25, 0.3) is 0 Å². The Morgan fingerprint density at radius 2 is 1.87 bits per heavy atom. The second-order valence-corrected chi connectivity index (χ2v) is 4.74. The van der Waals surface area contributed by atoms with Crippen molar-refractivity contribution in [3.63, 3.8) is 0 Å². The zero-order valence-electron chi connectivity index (χ0n) is 7.71. The smallest absolute Gasteiger partial charge is 0.238 e. The predicted octanol–water partition coefficient (Wildman–Crippen LogP) is 1.19. The molecule has 0 aromatic heterocycles.